The average molecular weight is 170 g/mol. The van der Waals surface area contributed by atoms with Gasteiger partial charge in [-0.1, -0.05) is 0 Å². The molecule has 0 aromatic heterocycles. The Balaban J connectivity index is 1.95. The fourth-order valence-corrected chi connectivity index (χ4v) is 2.93. The first kappa shape index (κ1) is 7.30. The number of ether oxygens (including phenoxy) is 1. The monoisotopic (exact) mass is 170 g/mol. The van der Waals surface area contributed by atoms with Gasteiger partial charge in [0, 0.05) is 12.8 Å². The Labute approximate surface area is 71.3 Å². The number of fused-ring (bicyclic) bond motifs is 2. The SMILES string of the molecule is O[C@@]12CCC[C@@]1(O)C[C@H]1O[C@H]1C2. The minimum atomic E-state index is -0.829. The molecule has 0 aromatic rings. The van der Waals surface area contributed by atoms with Crippen molar-refractivity contribution in [1.82, 2.24) is 0 Å². The summed E-state index contributed by atoms with van der Waals surface area (Å²) in [7, 11) is 0. The van der Waals surface area contributed by atoms with Gasteiger partial charge in [-0.2, -0.15) is 0 Å². The molecule has 0 radical (unpaired) electrons. The van der Waals surface area contributed by atoms with Crippen LogP contribution in [0.1, 0.15) is 32.1 Å². The lowest BCUT2D eigenvalue weighted by Gasteiger charge is -2.40. The van der Waals surface area contributed by atoms with Crippen LogP contribution in [0, 0.1) is 0 Å². The van der Waals surface area contributed by atoms with Gasteiger partial charge in [0.05, 0.1) is 23.4 Å². The zero-order valence-corrected chi connectivity index (χ0v) is 6.99. The van der Waals surface area contributed by atoms with Crippen LogP contribution in [0.15, 0.2) is 0 Å². The summed E-state index contributed by atoms with van der Waals surface area (Å²) in [6, 6.07) is 0. The fourth-order valence-electron chi connectivity index (χ4n) is 2.93. The Morgan fingerprint density at radius 2 is 1.50 bits per heavy atom. The van der Waals surface area contributed by atoms with Crippen molar-refractivity contribution in [2.24, 2.45) is 0 Å². The summed E-state index contributed by atoms with van der Waals surface area (Å²) in [5.74, 6) is 0. The van der Waals surface area contributed by atoms with E-state index in [0.717, 1.165) is 19.3 Å². The topological polar surface area (TPSA) is 53.0 Å². The number of rotatable bonds is 0. The zero-order valence-electron chi connectivity index (χ0n) is 6.99. The minimum Gasteiger partial charge on any atom is -0.387 e. The minimum absolute atomic E-state index is 0.244. The number of hydrogen-bond donors (Lipinski definition) is 2. The van der Waals surface area contributed by atoms with Crippen LogP contribution in [0.5, 0.6) is 0 Å². The Morgan fingerprint density at radius 1 is 1.00 bits per heavy atom. The van der Waals surface area contributed by atoms with Crippen molar-refractivity contribution in [2.45, 2.75) is 55.5 Å². The van der Waals surface area contributed by atoms with Gasteiger partial charge in [0.25, 0.3) is 0 Å². The lowest BCUT2D eigenvalue weighted by molar-refractivity contribution is -0.147. The van der Waals surface area contributed by atoms with E-state index in [2.05, 4.69) is 0 Å². The highest BCUT2D eigenvalue weighted by Crippen LogP contribution is 2.54. The second kappa shape index (κ2) is 1.86. The summed E-state index contributed by atoms with van der Waals surface area (Å²) in [5, 5.41) is 20.3. The van der Waals surface area contributed by atoms with Crippen LogP contribution in [0.3, 0.4) is 0 Å². The highest BCUT2D eigenvalue weighted by molar-refractivity contribution is 5.15. The van der Waals surface area contributed by atoms with E-state index >= 15 is 0 Å². The predicted octanol–water partition coefficient (Wildman–Crippen LogP) is 0.194. The molecule has 0 bridgehead atoms. The molecule has 0 spiro atoms. The van der Waals surface area contributed by atoms with E-state index in [1.165, 1.54) is 0 Å². The molecule has 3 aliphatic rings. The van der Waals surface area contributed by atoms with E-state index in [9.17, 15) is 10.2 Å². The first-order chi connectivity index (χ1) is 5.63. The molecule has 2 aliphatic carbocycles. The van der Waals surface area contributed by atoms with Crippen LogP contribution in [0.2, 0.25) is 0 Å². The fraction of sp³-hybridized carbons (Fsp3) is 1.00. The highest BCUT2D eigenvalue weighted by Gasteiger charge is 2.64. The van der Waals surface area contributed by atoms with Gasteiger partial charge in [-0.15, -0.1) is 0 Å². The Bertz CT molecular complexity index is 208. The van der Waals surface area contributed by atoms with Crippen molar-refractivity contribution in [3.63, 3.8) is 0 Å². The molecule has 12 heavy (non-hydrogen) atoms. The molecule has 2 saturated carbocycles. The Hall–Kier alpha value is -0.120. The summed E-state index contributed by atoms with van der Waals surface area (Å²) in [5.41, 5.74) is -1.66. The molecule has 3 fully saturated rings. The van der Waals surface area contributed by atoms with Crippen molar-refractivity contribution in [2.75, 3.05) is 0 Å². The highest BCUT2D eigenvalue weighted by atomic mass is 16.6. The molecule has 68 valence electrons. The second-order valence-corrected chi connectivity index (χ2v) is 4.54. The number of hydrogen-bond acceptors (Lipinski definition) is 3. The van der Waals surface area contributed by atoms with Gasteiger partial charge in [0.15, 0.2) is 0 Å². The second-order valence-electron chi connectivity index (χ2n) is 4.54. The molecule has 0 amide bonds. The smallest absolute Gasteiger partial charge is 0.0960 e. The Morgan fingerprint density at radius 3 is 2.00 bits per heavy atom. The van der Waals surface area contributed by atoms with Gasteiger partial charge in [-0.25, -0.2) is 0 Å². The zero-order chi connectivity index (χ0) is 8.40. The van der Waals surface area contributed by atoms with Crippen molar-refractivity contribution < 1.29 is 14.9 Å². The molecule has 1 heterocycles. The number of aliphatic hydroxyl groups is 2. The van der Waals surface area contributed by atoms with Crippen LogP contribution >= 0.6 is 0 Å². The van der Waals surface area contributed by atoms with Gasteiger partial charge < -0.3 is 14.9 Å². The van der Waals surface area contributed by atoms with Crippen LogP contribution < -0.4 is 0 Å². The van der Waals surface area contributed by atoms with Crippen LogP contribution in [-0.2, 0) is 4.74 Å². The molecule has 3 rings (SSSR count). The third-order valence-electron chi connectivity index (χ3n) is 3.81. The summed E-state index contributed by atoms with van der Waals surface area (Å²) in [4.78, 5) is 0. The van der Waals surface area contributed by atoms with Gasteiger partial charge in [0.1, 0.15) is 0 Å². The maximum atomic E-state index is 10.1. The quantitative estimate of drug-likeness (QED) is 0.510. The lowest BCUT2D eigenvalue weighted by atomic mass is 9.74. The molecular weight excluding hydrogens is 156 g/mol. The van der Waals surface area contributed by atoms with E-state index in [0.29, 0.717) is 12.8 Å². The molecule has 1 aliphatic heterocycles. The summed E-state index contributed by atoms with van der Waals surface area (Å²) >= 11 is 0. The maximum absolute atomic E-state index is 10.1. The third-order valence-corrected chi connectivity index (χ3v) is 3.81. The first-order valence-electron chi connectivity index (χ1n) is 4.73. The van der Waals surface area contributed by atoms with E-state index < -0.39 is 11.2 Å². The van der Waals surface area contributed by atoms with Gasteiger partial charge in [-0.3, -0.25) is 0 Å². The first-order valence-corrected chi connectivity index (χ1v) is 4.73. The largest absolute Gasteiger partial charge is 0.387 e. The van der Waals surface area contributed by atoms with Crippen molar-refractivity contribution in [3.05, 3.63) is 0 Å². The molecule has 3 heteroatoms. The molecule has 4 atom stereocenters. The molecular formula is C9H14O3. The van der Waals surface area contributed by atoms with E-state index in [1.807, 2.05) is 0 Å². The van der Waals surface area contributed by atoms with E-state index in [1.54, 1.807) is 0 Å². The number of epoxide rings is 1. The van der Waals surface area contributed by atoms with Crippen molar-refractivity contribution in [1.29, 1.82) is 0 Å². The molecule has 0 unspecified atom stereocenters. The van der Waals surface area contributed by atoms with Crippen molar-refractivity contribution >= 4 is 0 Å². The van der Waals surface area contributed by atoms with Gasteiger partial charge in [0.2, 0.25) is 0 Å². The van der Waals surface area contributed by atoms with E-state index in [-0.39, 0.29) is 12.2 Å². The third kappa shape index (κ3) is 0.721. The predicted molar refractivity (Wildman–Crippen MR) is 41.6 cm³/mol. The molecule has 1 saturated heterocycles. The molecule has 3 nitrogen and oxygen atoms in total. The van der Waals surface area contributed by atoms with Crippen LogP contribution in [0.4, 0.5) is 0 Å². The van der Waals surface area contributed by atoms with Crippen LogP contribution in [0.25, 0.3) is 0 Å². The van der Waals surface area contributed by atoms with Crippen molar-refractivity contribution in [3.8, 4) is 0 Å². The lowest BCUT2D eigenvalue weighted by Crippen LogP contribution is -2.54. The molecule has 2 N–H and O–H groups in total. The normalized spacial score (nSPS) is 62.5. The van der Waals surface area contributed by atoms with Gasteiger partial charge >= 0.3 is 0 Å². The average Bonchev–Trinajstić information content (AvgIpc) is 2.59. The summed E-state index contributed by atoms with van der Waals surface area (Å²) < 4.78 is 5.32. The molecule has 0 aromatic carbocycles. The van der Waals surface area contributed by atoms with E-state index in [4.69, 9.17) is 4.74 Å². The maximum Gasteiger partial charge on any atom is 0.0960 e. The van der Waals surface area contributed by atoms with Crippen LogP contribution in [-0.4, -0.2) is 33.6 Å². The summed E-state index contributed by atoms with van der Waals surface area (Å²) in [6.07, 6.45) is 4.22. The summed E-state index contributed by atoms with van der Waals surface area (Å²) in [6.45, 7) is 0. The van der Waals surface area contributed by atoms with Gasteiger partial charge in [-0.05, 0) is 19.3 Å². The Kier molecular flexibility index (Phi) is 1.13. The standard InChI is InChI=1S/C9H14O3/c10-8-2-1-3-9(8,11)5-7-6(4-8)12-7/h6-7,10-11H,1-5H2/t6-,7+,8-,9-/m1/s1.